The number of carbonyl (C=O) groups is 1. The van der Waals surface area contributed by atoms with Crippen LogP contribution in [-0.4, -0.2) is 29.4 Å². The zero-order valence-corrected chi connectivity index (χ0v) is 10.7. The molecule has 0 aliphatic heterocycles. The predicted molar refractivity (Wildman–Crippen MR) is 70.2 cm³/mol. The SMILES string of the molecule is CSCc1cccc(C(=O)NC2CC(O)C2)c1. The van der Waals surface area contributed by atoms with Gasteiger partial charge in [0.05, 0.1) is 6.10 Å². The van der Waals surface area contributed by atoms with Gasteiger partial charge in [-0.05, 0) is 36.8 Å². The van der Waals surface area contributed by atoms with Gasteiger partial charge in [-0.1, -0.05) is 12.1 Å². The van der Waals surface area contributed by atoms with Crippen LogP contribution in [0.3, 0.4) is 0 Å². The first-order valence-corrected chi connectivity index (χ1v) is 7.15. The van der Waals surface area contributed by atoms with Gasteiger partial charge in [-0.15, -0.1) is 0 Å². The number of hydrogen-bond acceptors (Lipinski definition) is 3. The van der Waals surface area contributed by atoms with E-state index in [-0.39, 0.29) is 18.1 Å². The largest absolute Gasteiger partial charge is 0.393 e. The van der Waals surface area contributed by atoms with Gasteiger partial charge in [-0.3, -0.25) is 4.79 Å². The van der Waals surface area contributed by atoms with Crippen molar-refractivity contribution in [3.8, 4) is 0 Å². The normalized spacial score (nSPS) is 22.9. The summed E-state index contributed by atoms with van der Waals surface area (Å²) in [6, 6.07) is 7.84. The zero-order valence-electron chi connectivity index (χ0n) is 9.85. The van der Waals surface area contributed by atoms with Crippen LogP contribution in [0.5, 0.6) is 0 Å². The van der Waals surface area contributed by atoms with E-state index >= 15 is 0 Å². The Labute approximate surface area is 106 Å². The number of aliphatic hydroxyl groups is 1. The molecule has 1 saturated carbocycles. The Morgan fingerprint density at radius 1 is 1.53 bits per heavy atom. The lowest BCUT2D eigenvalue weighted by molar-refractivity contribution is 0.0562. The monoisotopic (exact) mass is 251 g/mol. The van der Waals surface area contributed by atoms with E-state index < -0.39 is 0 Å². The van der Waals surface area contributed by atoms with E-state index in [2.05, 4.69) is 5.32 Å². The van der Waals surface area contributed by atoms with Crippen LogP contribution in [-0.2, 0) is 5.75 Å². The summed E-state index contributed by atoms with van der Waals surface area (Å²) in [5.41, 5.74) is 1.87. The molecule has 0 radical (unpaired) electrons. The number of amides is 1. The highest BCUT2D eigenvalue weighted by molar-refractivity contribution is 7.97. The maximum atomic E-state index is 11.9. The minimum absolute atomic E-state index is 0.0372. The molecule has 0 bridgehead atoms. The Morgan fingerprint density at radius 3 is 2.94 bits per heavy atom. The second-order valence-electron chi connectivity index (χ2n) is 4.43. The fourth-order valence-corrected chi connectivity index (χ4v) is 2.46. The molecule has 1 aliphatic rings. The van der Waals surface area contributed by atoms with Crippen LogP contribution in [0.15, 0.2) is 24.3 Å². The topological polar surface area (TPSA) is 49.3 Å². The molecule has 1 aromatic rings. The maximum Gasteiger partial charge on any atom is 0.251 e. The number of nitrogens with one attached hydrogen (secondary N) is 1. The van der Waals surface area contributed by atoms with Gasteiger partial charge in [0.2, 0.25) is 0 Å². The van der Waals surface area contributed by atoms with Crippen LogP contribution >= 0.6 is 11.8 Å². The standard InChI is InChI=1S/C13H17NO2S/c1-17-8-9-3-2-4-10(5-9)13(16)14-11-6-12(15)7-11/h2-5,11-12,15H,6-8H2,1H3,(H,14,16). The van der Waals surface area contributed by atoms with E-state index in [9.17, 15) is 4.79 Å². The molecular formula is C13H17NO2S. The molecule has 1 aromatic carbocycles. The first kappa shape index (κ1) is 12.5. The number of hydrogen-bond donors (Lipinski definition) is 2. The molecule has 3 nitrogen and oxygen atoms in total. The van der Waals surface area contributed by atoms with Crippen molar-refractivity contribution in [1.82, 2.24) is 5.32 Å². The molecule has 17 heavy (non-hydrogen) atoms. The lowest BCUT2D eigenvalue weighted by atomic mass is 9.89. The zero-order chi connectivity index (χ0) is 12.3. The van der Waals surface area contributed by atoms with Crippen molar-refractivity contribution in [2.75, 3.05) is 6.26 Å². The van der Waals surface area contributed by atoms with Gasteiger partial charge >= 0.3 is 0 Å². The smallest absolute Gasteiger partial charge is 0.251 e. The molecule has 0 atom stereocenters. The molecule has 1 fully saturated rings. The minimum Gasteiger partial charge on any atom is -0.393 e. The fraction of sp³-hybridized carbons (Fsp3) is 0.462. The third-order valence-electron chi connectivity index (χ3n) is 2.95. The summed E-state index contributed by atoms with van der Waals surface area (Å²) < 4.78 is 0. The molecule has 92 valence electrons. The van der Waals surface area contributed by atoms with E-state index in [1.807, 2.05) is 30.5 Å². The van der Waals surface area contributed by atoms with Gasteiger partial charge in [0.15, 0.2) is 0 Å². The molecule has 1 aliphatic carbocycles. The summed E-state index contributed by atoms with van der Waals surface area (Å²) in [4.78, 5) is 11.9. The number of carbonyl (C=O) groups excluding carboxylic acids is 1. The van der Waals surface area contributed by atoms with Crippen LogP contribution in [0.2, 0.25) is 0 Å². The fourth-order valence-electron chi connectivity index (χ4n) is 1.94. The van der Waals surface area contributed by atoms with Gasteiger partial charge < -0.3 is 10.4 Å². The van der Waals surface area contributed by atoms with Crippen molar-refractivity contribution in [3.63, 3.8) is 0 Å². The van der Waals surface area contributed by atoms with Gasteiger partial charge in [0, 0.05) is 17.4 Å². The van der Waals surface area contributed by atoms with Crippen molar-refractivity contribution in [3.05, 3.63) is 35.4 Å². The minimum atomic E-state index is -0.233. The Balaban J connectivity index is 1.96. The van der Waals surface area contributed by atoms with Gasteiger partial charge in [0.1, 0.15) is 0 Å². The molecule has 1 amide bonds. The van der Waals surface area contributed by atoms with E-state index in [1.165, 1.54) is 5.56 Å². The third kappa shape index (κ3) is 3.23. The Hall–Kier alpha value is -1.00. The second-order valence-corrected chi connectivity index (χ2v) is 5.30. The molecule has 4 heteroatoms. The molecule has 0 aromatic heterocycles. The molecule has 2 rings (SSSR count). The predicted octanol–water partition coefficient (Wildman–Crippen LogP) is 1.80. The average molecular weight is 251 g/mol. The van der Waals surface area contributed by atoms with E-state index in [1.54, 1.807) is 11.8 Å². The van der Waals surface area contributed by atoms with E-state index in [4.69, 9.17) is 5.11 Å². The Kier molecular flexibility index (Phi) is 4.07. The average Bonchev–Trinajstić information content (AvgIpc) is 2.28. The Bertz CT molecular complexity index is 402. The van der Waals surface area contributed by atoms with Crippen LogP contribution in [0, 0.1) is 0 Å². The van der Waals surface area contributed by atoms with E-state index in [0.717, 1.165) is 5.75 Å². The quantitative estimate of drug-likeness (QED) is 0.858. The first-order valence-electron chi connectivity index (χ1n) is 5.76. The molecule has 0 unspecified atom stereocenters. The number of aliphatic hydroxyl groups excluding tert-OH is 1. The molecule has 0 spiro atoms. The highest BCUT2D eigenvalue weighted by atomic mass is 32.2. The van der Waals surface area contributed by atoms with Crippen molar-refractivity contribution in [2.24, 2.45) is 0 Å². The second kappa shape index (κ2) is 5.56. The molecule has 2 N–H and O–H groups in total. The third-order valence-corrected chi connectivity index (χ3v) is 3.57. The summed E-state index contributed by atoms with van der Waals surface area (Å²) >= 11 is 1.74. The summed E-state index contributed by atoms with van der Waals surface area (Å²) in [7, 11) is 0. The highest BCUT2D eigenvalue weighted by Crippen LogP contribution is 2.20. The van der Waals surface area contributed by atoms with Crippen molar-refractivity contribution < 1.29 is 9.90 Å². The number of thioether (sulfide) groups is 1. The lowest BCUT2D eigenvalue weighted by Gasteiger charge is -2.31. The van der Waals surface area contributed by atoms with Gasteiger partial charge in [0.25, 0.3) is 5.91 Å². The summed E-state index contributed by atoms with van der Waals surface area (Å²) in [5.74, 6) is 0.883. The summed E-state index contributed by atoms with van der Waals surface area (Å²) in [6.07, 6.45) is 3.16. The van der Waals surface area contributed by atoms with Crippen LogP contribution < -0.4 is 5.32 Å². The number of rotatable bonds is 4. The van der Waals surface area contributed by atoms with Gasteiger partial charge in [-0.25, -0.2) is 0 Å². The van der Waals surface area contributed by atoms with Crippen molar-refractivity contribution in [2.45, 2.75) is 30.7 Å². The van der Waals surface area contributed by atoms with Crippen molar-refractivity contribution in [1.29, 1.82) is 0 Å². The molecular weight excluding hydrogens is 234 g/mol. The van der Waals surface area contributed by atoms with Crippen LogP contribution in [0.1, 0.15) is 28.8 Å². The summed E-state index contributed by atoms with van der Waals surface area (Å²) in [5, 5.41) is 12.1. The first-order chi connectivity index (χ1) is 8.19. The van der Waals surface area contributed by atoms with Crippen LogP contribution in [0.4, 0.5) is 0 Å². The van der Waals surface area contributed by atoms with Gasteiger partial charge in [-0.2, -0.15) is 11.8 Å². The van der Waals surface area contributed by atoms with Crippen LogP contribution in [0.25, 0.3) is 0 Å². The number of benzene rings is 1. The van der Waals surface area contributed by atoms with E-state index in [0.29, 0.717) is 18.4 Å². The van der Waals surface area contributed by atoms with Crippen molar-refractivity contribution >= 4 is 17.7 Å². The summed E-state index contributed by atoms with van der Waals surface area (Å²) in [6.45, 7) is 0. The lowest BCUT2D eigenvalue weighted by Crippen LogP contribution is -2.46. The maximum absolute atomic E-state index is 11.9. The Morgan fingerprint density at radius 2 is 2.29 bits per heavy atom. The highest BCUT2D eigenvalue weighted by Gasteiger charge is 2.28. The molecule has 0 heterocycles. The molecule has 0 saturated heterocycles.